The zero-order valence-electron chi connectivity index (χ0n) is 14.9. The predicted molar refractivity (Wildman–Crippen MR) is 102 cm³/mol. The normalized spacial score (nSPS) is 18.0. The van der Waals surface area contributed by atoms with E-state index in [1.54, 1.807) is 0 Å². The molecule has 4 rings (SSSR count). The lowest BCUT2D eigenvalue weighted by molar-refractivity contribution is -0.120. The third-order valence-corrected chi connectivity index (χ3v) is 5.09. The molecule has 2 aromatic rings. The van der Waals surface area contributed by atoms with Crippen LogP contribution in [-0.4, -0.2) is 29.8 Å². The molecular weight excluding hydrogens is 324 g/mol. The quantitative estimate of drug-likeness (QED) is 0.795. The van der Waals surface area contributed by atoms with Gasteiger partial charge >= 0.3 is 0 Å². The van der Waals surface area contributed by atoms with E-state index in [9.17, 15) is 9.59 Å². The average Bonchev–Trinajstić information content (AvgIpc) is 2.94. The molecule has 2 aliphatic heterocycles. The first kappa shape index (κ1) is 16.6. The van der Waals surface area contributed by atoms with Gasteiger partial charge in [-0.15, -0.1) is 0 Å². The van der Waals surface area contributed by atoms with E-state index in [0.717, 1.165) is 37.1 Å². The van der Waals surface area contributed by atoms with Gasteiger partial charge in [-0.25, -0.2) is 4.90 Å². The van der Waals surface area contributed by atoms with Gasteiger partial charge in [0, 0.05) is 13.1 Å². The Kier molecular flexibility index (Phi) is 4.33. The summed E-state index contributed by atoms with van der Waals surface area (Å²) in [6.45, 7) is 3.67. The van der Waals surface area contributed by atoms with E-state index in [2.05, 4.69) is 4.90 Å². The Labute approximate surface area is 153 Å². The summed E-state index contributed by atoms with van der Waals surface area (Å²) in [5, 5.41) is 0. The highest BCUT2D eigenvalue weighted by molar-refractivity contribution is 6.45. The highest BCUT2D eigenvalue weighted by Crippen LogP contribution is 2.35. The predicted octanol–water partition coefficient (Wildman–Crippen LogP) is 3.77. The van der Waals surface area contributed by atoms with E-state index in [-0.39, 0.29) is 11.8 Å². The van der Waals surface area contributed by atoms with Crippen molar-refractivity contribution in [1.29, 1.82) is 0 Å². The van der Waals surface area contributed by atoms with Crippen LogP contribution in [0.25, 0.3) is 5.57 Å². The Hall–Kier alpha value is -2.88. The molecule has 2 aromatic carbocycles. The second-order valence-electron chi connectivity index (χ2n) is 6.92. The summed E-state index contributed by atoms with van der Waals surface area (Å²) in [7, 11) is 0. The first-order chi connectivity index (χ1) is 12.7. The summed E-state index contributed by atoms with van der Waals surface area (Å²) in [6, 6.07) is 17.0. The minimum atomic E-state index is -0.231. The van der Waals surface area contributed by atoms with Crippen molar-refractivity contribution in [1.82, 2.24) is 4.90 Å². The van der Waals surface area contributed by atoms with Crippen LogP contribution in [0.3, 0.4) is 0 Å². The molecule has 0 spiro atoms. The second kappa shape index (κ2) is 6.79. The van der Waals surface area contributed by atoms with Gasteiger partial charge in [0.05, 0.1) is 11.3 Å². The molecule has 1 fully saturated rings. The van der Waals surface area contributed by atoms with E-state index in [1.807, 2.05) is 61.5 Å². The first-order valence-electron chi connectivity index (χ1n) is 9.17. The molecular formula is C22H22N2O2. The monoisotopic (exact) mass is 346 g/mol. The Balaban J connectivity index is 1.83. The molecule has 0 bridgehead atoms. The van der Waals surface area contributed by atoms with Crippen LogP contribution in [0.2, 0.25) is 0 Å². The number of hydrogen-bond donors (Lipinski definition) is 0. The fourth-order valence-electron chi connectivity index (χ4n) is 3.72. The number of para-hydroxylation sites is 1. The number of hydrogen-bond acceptors (Lipinski definition) is 3. The average molecular weight is 346 g/mol. The zero-order valence-corrected chi connectivity index (χ0v) is 14.9. The lowest BCUT2D eigenvalue weighted by Gasteiger charge is -2.29. The summed E-state index contributed by atoms with van der Waals surface area (Å²) in [6.07, 6.45) is 3.28. The van der Waals surface area contributed by atoms with E-state index in [0.29, 0.717) is 17.0 Å². The largest absolute Gasteiger partial charge is 0.366 e. The van der Waals surface area contributed by atoms with Gasteiger partial charge in [0.2, 0.25) is 0 Å². The van der Waals surface area contributed by atoms with Crippen molar-refractivity contribution in [2.24, 2.45) is 0 Å². The molecule has 4 heteroatoms. The number of imide groups is 1. The number of carbonyl (C=O) groups excluding carboxylic acids is 2. The van der Waals surface area contributed by atoms with Gasteiger partial charge in [0.1, 0.15) is 5.70 Å². The van der Waals surface area contributed by atoms with Crippen LogP contribution >= 0.6 is 0 Å². The number of nitrogens with zero attached hydrogens (tertiary/aromatic N) is 2. The fourth-order valence-corrected chi connectivity index (χ4v) is 3.72. The SMILES string of the molecule is Cc1ccc(C2=C(N3CCCCC3)C(=O)N(c3ccccc3)C2=O)cc1. The van der Waals surface area contributed by atoms with Crippen molar-refractivity contribution in [2.45, 2.75) is 26.2 Å². The van der Waals surface area contributed by atoms with Crippen LogP contribution in [0.15, 0.2) is 60.3 Å². The van der Waals surface area contributed by atoms with Crippen molar-refractivity contribution in [3.63, 3.8) is 0 Å². The Morgan fingerprint density at radius 1 is 0.769 bits per heavy atom. The Bertz CT molecular complexity index is 863. The van der Waals surface area contributed by atoms with E-state index >= 15 is 0 Å². The third-order valence-electron chi connectivity index (χ3n) is 5.09. The van der Waals surface area contributed by atoms with E-state index in [1.165, 1.54) is 11.3 Å². The van der Waals surface area contributed by atoms with Crippen molar-refractivity contribution < 1.29 is 9.59 Å². The summed E-state index contributed by atoms with van der Waals surface area (Å²) >= 11 is 0. The van der Waals surface area contributed by atoms with E-state index < -0.39 is 0 Å². The van der Waals surface area contributed by atoms with Gasteiger partial charge in [0.15, 0.2) is 0 Å². The minimum Gasteiger partial charge on any atom is -0.366 e. The lowest BCUT2D eigenvalue weighted by Crippen LogP contribution is -2.37. The maximum absolute atomic E-state index is 13.3. The van der Waals surface area contributed by atoms with Crippen LogP contribution in [0.1, 0.15) is 30.4 Å². The van der Waals surface area contributed by atoms with Crippen molar-refractivity contribution in [2.75, 3.05) is 18.0 Å². The van der Waals surface area contributed by atoms with Crippen LogP contribution in [0.4, 0.5) is 5.69 Å². The van der Waals surface area contributed by atoms with Crippen molar-refractivity contribution >= 4 is 23.1 Å². The second-order valence-corrected chi connectivity index (χ2v) is 6.92. The maximum atomic E-state index is 13.3. The van der Waals surface area contributed by atoms with E-state index in [4.69, 9.17) is 0 Å². The number of carbonyl (C=O) groups is 2. The zero-order chi connectivity index (χ0) is 18.1. The summed E-state index contributed by atoms with van der Waals surface area (Å²) in [5.41, 5.74) is 3.65. The fraction of sp³-hybridized carbons (Fsp3) is 0.273. The van der Waals surface area contributed by atoms with Crippen LogP contribution in [0, 0.1) is 6.92 Å². The molecule has 0 unspecified atom stereocenters. The standard InChI is InChI=1S/C22H22N2O2/c1-16-10-12-17(13-11-16)19-20(23-14-6-3-7-15-23)22(26)24(21(19)25)18-8-4-2-5-9-18/h2,4-5,8-13H,3,6-7,14-15H2,1H3. The number of benzene rings is 2. The molecule has 0 aliphatic carbocycles. The maximum Gasteiger partial charge on any atom is 0.282 e. The highest BCUT2D eigenvalue weighted by atomic mass is 16.2. The molecule has 0 aromatic heterocycles. The molecule has 1 saturated heterocycles. The summed E-state index contributed by atoms with van der Waals surface area (Å²) < 4.78 is 0. The van der Waals surface area contributed by atoms with Crippen LogP contribution in [-0.2, 0) is 9.59 Å². The molecule has 2 heterocycles. The van der Waals surface area contributed by atoms with Gasteiger partial charge in [-0.2, -0.15) is 0 Å². The lowest BCUT2D eigenvalue weighted by atomic mass is 10.0. The number of piperidine rings is 1. The summed E-state index contributed by atoms with van der Waals surface area (Å²) in [5.74, 6) is -0.440. The number of rotatable bonds is 3. The molecule has 132 valence electrons. The first-order valence-corrected chi connectivity index (χ1v) is 9.17. The van der Waals surface area contributed by atoms with Crippen molar-refractivity contribution in [3.05, 3.63) is 71.4 Å². The molecule has 0 saturated carbocycles. The molecule has 4 nitrogen and oxygen atoms in total. The Morgan fingerprint density at radius 2 is 1.42 bits per heavy atom. The highest BCUT2D eigenvalue weighted by Gasteiger charge is 2.42. The molecule has 26 heavy (non-hydrogen) atoms. The van der Waals surface area contributed by atoms with Crippen molar-refractivity contribution in [3.8, 4) is 0 Å². The van der Waals surface area contributed by atoms with Crippen LogP contribution in [0.5, 0.6) is 0 Å². The van der Waals surface area contributed by atoms with Gasteiger partial charge in [0.25, 0.3) is 11.8 Å². The molecule has 2 aliphatic rings. The third kappa shape index (κ3) is 2.81. The topological polar surface area (TPSA) is 40.6 Å². The molecule has 2 amide bonds. The number of aryl methyl sites for hydroxylation is 1. The Morgan fingerprint density at radius 3 is 2.08 bits per heavy atom. The number of amides is 2. The number of likely N-dealkylation sites (tertiary alicyclic amines) is 1. The molecule has 0 atom stereocenters. The van der Waals surface area contributed by atoms with Gasteiger partial charge in [-0.3, -0.25) is 9.59 Å². The van der Waals surface area contributed by atoms with Crippen LogP contribution < -0.4 is 4.90 Å². The van der Waals surface area contributed by atoms with Gasteiger partial charge in [-0.05, 0) is 43.9 Å². The van der Waals surface area contributed by atoms with Gasteiger partial charge in [-0.1, -0.05) is 48.0 Å². The number of anilines is 1. The van der Waals surface area contributed by atoms with Gasteiger partial charge < -0.3 is 4.90 Å². The molecule has 0 radical (unpaired) electrons. The molecule has 0 N–H and O–H groups in total. The smallest absolute Gasteiger partial charge is 0.282 e. The summed E-state index contributed by atoms with van der Waals surface area (Å²) in [4.78, 5) is 30.0. The minimum absolute atomic E-state index is 0.210.